The number of carbonyl (C=O) groups excluding carboxylic acids is 1. The fraction of sp³-hybridized carbons (Fsp3) is 0.217. The molecule has 0 aliphatic heterocycles. The SMILES string of the molecule is Cc1c(/C=C/c2csc(NC(=O)c3cc(Cl)cn3Cc3ccnc(F)c3)n2)ncn1C1CC1. The summed E-state index contributed by atoms with van der Waals surface area (Å²) in [5.74, 6) is -0.921. The van der Waals surface area contributed by atoms with Gasteiger partial charge in [0.15, 0.2) is 5.13 Å². The van der Waals surface area contributed by atoms with Crippen molar-refractivity contribution in [2.24, 2.45) is 0 Å². The lowest BCUT2D eigenvalue weighted by Crippen LogP contribution is -2.17. The van der Waals surface area contributed by atoms with Crippen LogP contribution in [0.5, 0.6) is 0 Å². The minimum atomic E-state index is -0.574. The largest absolute Gasteiger partial charge is 0.338 e. The zero-order valence-corrected chi connectivity index (χ0v) is 19.3. The van der Waals surface area contributed by atoms with Crippen molar-refractivity contribution in [3.8, 4) is 0 Å². The predicted octanol–water partition coefficient (Wildman–Crippen LogP) is 5.44. The molecule has 168 valence electrons. The first-order valence-electron chi connectivity index (χ1n) is 10.4. The molecule has 1 amide bonds. The van der Waals surface area contributed by atoms with Crippen molar-refractivity contribution in [3.05, 3.63) is 81.6 Å². The van der Waals surface area contributed by atoms with Crippen molar-refractivity contribution in [2.75, 3.05) is 5.32 Å². The van der Waals surface area contributed by atoms with Crippen LogP contribution in [0.3, 0.4) is 0 Å². The van der Waals surface area contributed by atoms with Crippen LogP contribution in [0.1, 0.15) is 52.0 Å². The lowest BCUT2D eigenvalue weighted by atomic mass is 10.2. The van der Waals surface area contributed by atoms with E-state index in [0.717, 1.165) is 17.1 Å². The Kier molecular flexibility index (Phi) is 5.82. The van der Waals surface area contributed by atoms with Gasteiger partial charge in [-0.05, 0) is 55.7 Å². The summed E-state index contributed by atoms with van der Waals surface area (Å²) in [6.45, 7) is 2.35. The number of pyridine rings is 1. The number of anilines is 1. The molecule has 0 aromatic carbocycles. The molecule has 1 N–H and O–H groups in total. The smallest absolute Gasteiger partial charge is 0.274 e. The summed E-state index contributed by atoms with van der Waals surface area (Å²) >= 11 is 7.47. The summed E-state index contributed by atoms with van der Waals surface area (Å²) in [6, 6.07) is 5.17. The summed E-state index contributed by atoms with van der Waals surface area (Å²) in [7, 11) is 0. The molecule has 4 heterocycles. The van der Waals surface area contributed by atoms with Gasteiger partial charge in [-0.15, -0.1) is 11.3 Å². The maximum absolute atomic E-state index is 13.4. The van der Waals surface area contributed by atoms with Gasteiger partial charge in [0.25, 0.3) is 5.91 Å². The van der Waals surface area contributed by atoms with Crippen LogP contribution in [-0.4, -0.2) is 30.0 Å². The highest BCUT2D eigenvalue weighted by Gasteiger charge is 2.25. The Morgan fingerprint density at radius 2 is 2.18 bits per heavy atom. The van der Waals surface area contributed by atoms with Crippen molar-refractivity contribution >= 4 is 46.1 Å². The number of rotatable bonds is 7. The zero-order valence-electron chi connectivity index (χ0n) is 17.7. The molecular formula is C23H20ClFN6OS. The average molecular weight is 483 g/mol. The van der Waals surface area contributed by atoms with E-state index in [-0.39, 0.29) is 12.5 Å². The van der Waals surface area contributed by atoms with Gasteiger partial charge in [0, 0.05) is 36.1 Å². The van der Waals surface area contributed by atoms with Gasteiger partial charge in [-0.1, -0.05) is 11.6 Å². The minimum absolute atomic E-state index is 0.285. The number of aromatic nitrogens is 5. The van der Waals surface area contributed by atoms with Gasteiger partial charge in [-0.2, -0.15) is 4.39 Å². The van der Waals surface area contributed by atoms with E-state index < -0.39 is 5.95 Å². The standard InChI is InChI=1S/C23H20ClFN6OS/c1-14-19(27-13-31(14)18-3-4-18)5-2-17-12-33-23(28-17)29-22(32)20-9-16(24)11-30(20)10-15-6-7-26-21(25)8-15/h2,5-9,11-13,18H,3-4,10H2,1H3,(H,28,29,32)/b5-2+. The molecule has 1 saturated carbocycles. The van der Waals surface area contributed by atoms with Crippen molar-refractivity contribution in [1.82, 2.24) is 24.1 Å². The van der Waals surface area contributed by atoms with Gasteiger partial charge < -0.3 is 9.13 Å². The molecule has 0 saturated heterocycles. The van der Waals surface area contributed by atoms with Gasteiger partial charge in [0.2, 0.25) is 5.95 Å². The third kappa shape index (κ3) is 4.89. The first-order valence-corrected chi connectivity index (χ1v) is 11.7. The van der Waals surface area contributed by atoms with Crippen molar-refractivity contribution in [1.29, 1.82) is 0 Å². The van der Waals surface area contributed by atoms with E-state index in [9.17, 15) is 9.18 Å². The molecule has 0 atom stereocenters. The third-order valence-corrected chi connectivity index (χ3v) is 6.40. The van der Waals surface area contributed by atoms with E-state index in [2.05, 4.69) is 31.8 Å². The minimum Gasteiger partial charge on any atom is -0.338 e. The number of amides is 1. The lowest BCUT2D eigenvalue weighted by molar-refractivity contribution is 0.101. The Morgan fingerprint density at radius 3 is 2.97 bits per heavy atom. The van der Waals surface area contributed by atoms with E-state index in [1.165, 1.54) is 36.4 Å². The molecule has 10 heteroatoms. The van der Waals surface area contributed by atoms with Crippen LogP contribution in [0.15, 0.2) is 42.3 Å². The number of nitrogens with one attached hydrogen (secondary N) is 1. The number of thiazole rings is 1. The van der Waals surface area contributed by atoms with Crippen LogP contribution in [0.2, 0.25) is 5.02 Å². The highest BCUT2D eigenvalue weighted by Crippen LogP contribution is 2.36. The predicted molar refractivity (Wildman–Crippen MR) is 127 cm³/mol. The van der Waals surface area contributed by atoms with Crippen LogP contribution in [-0.2, 0) is 6.54 Å². The van der Waals surface area contributed by atoms with Crippen LogP contribution >= 0.6 is 22.9 Å². The van der Waals surface area contributed by atoms with Crippen molar-refractivity contribution in [3.63, 3.8) is 0 Å². The molecule has 1 fully saturated rings. The highest BCUT2D eigenvalue weighted by atomic mass is 35.5. The molecule has 7 nitrogen and oxygen atoms in total. The van der Waals surface area contributed by atoms with Crippen molar-refractivity contribution in [2.45, 2.75) is 32.4 Å². The fourth-order valence-electron chi connectivity index (χ4n) is 3.60. The van der Waals surface area contributed by atoms with Crippen LogP contribution in [0.4, 0.5) is 9.52 Å². The number of hydrogen-bond acceptors (Lipinski definition) is 5. The maximum Gasteiger partial charge on any atom is 0.274 e. The van der Waals surface area contributed by atoms with Gasteiger partial charge in [-0.3, -0.25) is 10.1 Å². The number of hydrogen-bond donors (Lipinski definition) is 1. The fourth-order valence-corrected chi connectivity index (χ4v) is 4.49. The first kappa shape index (κ1) is 21.5. The summed E-state index contributed by atoms with van der Waals surface area (Å²) in [4.78, 5) is 25.4. The molecule has 5 rings (SSSR count). The molecule has 0 unspecified atom stereocenters. The highest BCUT2D eigenvalue weighted by molar-refractivity contribution is 7.14. The molecule has 4 aromatic heterocycles. The van der Waals surface area contributed by atoms with E-state index in [0.29, 0.717) is 27.5 Å². The van der Waals surface area contributed by atoms with E-state index in [1.54, 1.807) is 22.9 Å². The van der Waals surface area contributed by atoms with Crippen LogP contribution in [0, 0.1) is 12.9 Å². The normalized spacial score (nSPS) is 13.7. The van der Waals surface area contributed by atoms with E-state index >= 15 is 0 Å². The molecule has 0 bridgehead atoms. The Labute approximate surface area is 198 Å². The molecule has 33 heavy (non-hydrogen) atoms. The van der Waals surface area contributed by atoms with Gasteiger partial charge in [0.05, 0.1) is 22.7 Å². The molecule has 1 aliphatic carbocycles. The second-order valence-electron chi connectivity index (χ2n) is 7.88. The monoisotopic (exact) mass is 482 g/mol. The molecule has 4 aromatic rings. The molecule has 0 spiro atoms. The summed E-state index contributed by atoms with van der Waals surface area (Å²) < 4.78 is 17.3. The molecule has 0 radical (unpaired) electrons. The maximum atomic E-state index is 13.4. The second-order valence-corrected chi connectivity index (χ2v) is 9.17. The Bertz CT molecular complexity index is 1350. The first-order chi connectivity index (χ1) is 16.0. The summed E-state index contributed by atoms with van der Waals surface area (Å²) in [6.07, 6.45) is 11.2. The number of carbonyl (C=O) groups is 1. The topological polar surface area (TPSA) is 77.6 Å². The van der Waals surface area contributed by atoms with E-state index in [4.69, 9.17) is 11.6 Å². The molecular weight excluding hydrogens is 463 g/mol. The zero-order chi connectivity index (χ0) is 22.9. The Balaban J connectivity index is 1.27. The second kappa shape index (κ2) is 8.92. The molecule has 1 aliphatic rings. The van der Waals surface area contributed by atoms with Gasteiger partial charge >= 0.3 is 0 Å². The van der Waals surface area contributed by atoms with E-state index in [1.807, 2.05) is 23.9 Å². The van der Waals surface area contributed by atoms with Gasteiger partial charge in [-0.25, -0.2) is 15.0 Å². The van der Waals surface area contributed by atoms with Gasteiger partial charge in [0.1, 0.15) is 5.69 Å². The van der Waals surface area contributed by atoms with Crippen LogP contribution in [0.25, 0.3) is 12.2 Å². The van der Waals surface area contributed by atoms with Crippen molar-refractivity contribution < 1.29 is 9.18 Å². The summed E-state index contributed by atoms with van der Waals surface area (Å²) in [5, 5.41) is 5.57. The Morgan fingerprint density at radius 1 is 1.33 bits per heavy atom. The third-order valence-electron chi connectivity index (χ3n) is 5.41. The average Bonchev–Trinajstić information content (AvgIpc) is 3.24. The van der Waals surface area contributed by atoms with Crippen LogP contribution < -0.4 is 5.32 Å². The lowest BCUT2D eigenvalue weighted by Gasteiger charge is -2.08. The number of halogens is 2. The number of imidazole rings is 1. The number of nitrogens with zero attached hydrogens (tertiary/aromatic N) is 5. The Hall–Kier alpha value is -3.30. The summed E-state index contributed by atoms with van der Waals surface area (Å²) in [5.41, 5.74) is 3.82. The quantitative estimate of drug-likeness (QED) is 0.356.